The molecule has 0 radical (unpaired) electrons. The number of rotatable bonds is 1. The normalized spacial score (nSPS) is 36.1. The van der Waals surface area contributed by atoms with Gasteiger partial charge in [-0.3, -0.25) is 4.79 Å². The van der Waals surface area contributed by atoms with E-state index in [0.717, 1.165) is 12.8 Å². The van der Waals surface area contributed by atoms with Gasteiger partial charge >= 0.3 is 5.97 Å². The Morgan fingerprint density at radius 3 is 2.83 bits per heavy atom. The van der Waals surface area contributed by atoms with E-state index < -0.39 is 12.1 Å². The van der Waals surface area contributed by atoms with Crippen LogP contribution in [0.4, 0.5) is 0 Å². The Morgan fingerprint density at radius 1 is 1.58 bits per heavy atom. The Morgan fingerprint density at radius 2 is 2.25 bits per heavy atom. The first-order chi connectivity index (χ1) is 5.61. The number of aliphatic hydroxyl groups is 1. The number of hydrogen-bond donors (Lipinski definition) is 2. The van der Waals surface area contributed by atoms with Crippen LogP contribution in [0.3, 0.4) is 0 Å². The van der Waals surface area contributed by atoms with Crippen molar-refractivity contribution in [1.29, 1.82) is 0 Å². The molecule has 1 aliphatic carbocycles. The molecule has 0 spiro atoms. The molecule has 0 aromatic carbocycles. The summed E-state index contributed by atoms with van der Waals surface area (Å²) in [5, 5.41) is 9.34. The van der Waals surface area contributed by atoms with Crippen molar-refractivity contribution in [3.05, 3.63) is 0 Å². The molecule has 0 bridgehead atoms. The lowest BCUT2D eigenvalue weighted by Gasteiger charge is -2.31. The maximum Gasteiger partial charge on any atom is 0.302 e. The van der Waals surface area contributed by atoms with Crippen LogP contribution in [0.25, 0.3) is 0 Å². The molecule has 1 fully saturated rings. The number of nitrogens with two attached hydrogens (primary N) is 1. The van der Waals surface area contributed by atoms with Gasteiger partial charge in [0.15, 0.2) is 0 Å². The molecule has 3 atom stereocenters. The van der Waals surface area contributed by atoms with E-state index in [4.69, 9.17) is 10.5 Å². The molecule has 4 heteroatoms. The highest BCUT2D eigenvalue weighted by molar-refractivity contribution is 5.66. The first-order valence-electron chi connectivity index (χ1n) is 4.22. The number of aliphatic hydroxyl groups excluding tert-OH is 1. The second kappa shape index (κ2) is 3.87. The first-order valence-corrected chi connectivity index (χ1v) is 4.22. The van der Waals surface area contributed by atoms with Crippen molar-refractivity contribution in [2.75, 3.05) is 0 Å². The van der Waals surface area contributed by atoms with Crippen molar-refractivity contribution in [2.24, 2.45) is 5.73 Å². The molecular formula is C8H15NO3. The molecule has 12 heavy (non-hydrogen) atoms. The van der Waals surface area contributed by atoms with Crippen molar-refractivity contribution in [1.82, 2.24) is 0 Å². The number of carbonyl (C=O) groups excluding carboxylic acids is 1. The number of hydrogen-bond acceptors (Lipinski definition) is 4. The summed E-state index contributed by atoms with van der Waals surface area (Å²) in [5.41, 5.74) is 5.64. The predicted octanol–water partition coefficient (Wildman–Crippen LogP) is -0.210. The number of ether oxygens (including phenoxy) is 1. The van der Waals surface area contributed by atoms with E-state index in [9.17, 15) is 9.90 Å². The molecule has 4 nitrogen and oxygen atoms in total. The largest absolute Gasteiger partial charge is 0.461 e. The molecular weight excluding hydrogens is 158 g/mol. The zero-order valence-corrected chi connectivity index (χ0v) is 7.19. The minimum atomic E-state index is -0.525. The third kappa shape index (κ3) is 2.19. The van der Waals surface area contributed by atoms with Crippen LogP contribution >= 0.6 is 0 Å². The fourth-order valence-electron chi connectivity index (χ4n) is 1.51. The smallest absolute Gasteiger partial charge is 0.302 e. The highest BCUT2D eigenvalue weighted by Gasteiger charge is 2.30. The molecule has 0 amide bonds. The second-order valence-electron chi connectivity index (χ2n) is 3.22. The lowest BCUT2D eigenvalue weighted by atomic mass is 9.90. The summed E-state index contributed by atoms with van der Waals surface area (Å²) in [5.74, 6) is -0.329. The average molecular weight is 173 g/mol. The molecule has 1 rings (SSSR count). The summed E-state index contributed by atoms with van der Waals surface area (Å²) >= 11 is 0. The van der Waals surface area contributed by atoms with Crippen molar-refractivity contribution in [2.45, 2.75) is 44.4 Å². The van der Waals surface area contributed by atoms with Crippen LogP contribution in [-0.4, -0.2) is 29.3 Å². The Labute approximate surface area is 71.7 Å². The Hall–Kier alpha value is -0.610. The van der Waals surface area contributed by atoms with Gasteiger partial charge in [-0.25, -0.2) is 0 Å². The lowest BCUT2D eigenvalue weighted by Crippen LogP contribution is -2.49. The van der Waals surface area contributed by atoms with E-state index in [-0.39, 0.29) is 12.1 Å². The van der Waals surface area contributed by atoms with Crippen LogP contribution in [0, 0.1) is 0 Å². The Bertz CT molecular complexity index is 172. The molecule has 3 N–H and O–H groups in total. The van der Waals surface area contributed by atoms with Gasteiger partial charge in [0, 0.05) is 6.92 Å². The topological polar surface area (TPSA) is 72.5 Å². The molecule has 1 aliphatic rings. The minimum absolute atomic E-state index is 0.300. The zero-order chi connectivity index (χ0) is 9.14. The Kier molecular flexibility index (Phi) is 3.05. The monoisotopic (exact) mass is 173 g/mol. The van der Waals surface area contributed by atoms with E-state index in [2.05, 4.69) is 0 Å². The molecule has 2 unspecified atom stereocenters. The third-order valence-electron chi connectivity index (χ3n) is 2.18. The summed E-state index contributed by atoms with van der Waals surface area (Å²) in [4.78, 5) is 10.6. The average Bonchev–Trinajstić information content (AvgIpc) is 1.98. The summed E-state index contributed by atoms with van der Waals surface area (Å²) in [7, 11) is 0. The summed E-state index contributed by atoms with van der Waals surface area (Å²) < 4.78 is 4.95. The SMILES string of the molecule is CC(=O)OC1CCC[C@@H](O)C1N. The number of esters is 1. The quantitative estimate of drug-likeness (QED) is 0.538. The van der Waals surface area contributed by atoms with E-state index in [1.807, 2.05) is 0 Å². The van der Waals surface area contributed by atoms with Gasteiger partial charge in [-0.2, -0.15) is 0 Å². The second-order valence-corrected chi connectivity index (χ2v) is 3.22. The van der Waals surface area contributed by atoms with Gasteiger partial charge in [0.05, 0.1) is 12.1 Å². The molecule has 70 valence electrons. The van der Waals surface area contributed by atoms with E-state index in [0.29, 0.717) is 6.42 Å². The van der Waals surface area contributed by atoms with Crippen molar-refractivity contribution in [3.8, 4) is 0 Å². The lowest BCUT2D eigenvalue weighted by molar-refractivity contribution is -0.150. The van der Waals surface area contributed by atoms with Crippen molar-refractivity contribution >= 4 is 5.97 Å². The van der Waals surface area contributed by atoms with E-state index in [1.54, 1.807) is 0 Å². The van der Waals surface area contributed by atoms with Crippen LogP contribution in [0.15, 0.2) is 0 Å². The fraction of sp³-hybridized carbons (Fsp3) is 0.875. The summed E-state index contributed by atoms with van der Waals surface area (Å²) in [6.45, 7) is 1.35. The van der Waals surface area contributed by atoms with Crippen LogP contribution in [0.5, 0.6) is 0 Å². The third-order valence-corrected chi connectivity index (χ3v) is 2.18. The molecule has 0 heterocycles. The van der Waals surface area contributed by atoms with Gasteiger partial charge < -0.3 is 15.6 Å². The van der Waals surface area contributed by atoms with Gasteiger partial charge in [0.25, 0.3) is 0 Å². The predicted molar refractivity (Wildman–Crippen MR) is 43.4 cm³/mol. The van der Waals surface area contributed by atoms with Gasteiger partial charge in [-0.1, -0.05) is 0 Å². The molecule has 0 aliphatic heterocycles. The Balaban J connectivity index is 2.46. The van der Waals surface area contributed by atoms with Crippen LogP contribution < -0.4 is 5.73 Å². The number of carbonyl (C=O) groups is 1. The maximum atomic E-state index is 10.6. The van der Waals surface area contributed by atoms with E-state index >= 15 is 0 Å². The van der Waals surface area contributed by atoms with E-state index in [1.165, 1.54) is 6.92 Å². The van der Waals surface area contributed by atoms with Crippen LogP contribution in [-0.2, 0) is 9.53 Å². The standard InChI is InChI=1S/C8H15NO3/c1-5(10)12-7-4-2-3-6(11)8(7)9/h6-8,11H,2-4,9H2,1H3/t6-,7?,8?/m1/s1. The maximum absolute atomic E-state index is 10.6. The summed E-state index contributed by atoms with van der Waals surface area (Å²) in [6.07, 6.45) is 1.51. The molecule has 0 saturated heterocycles. The van der Waals surface area contributed by atoms with Crippen molar-refractivity contribution in [3.63, 3.8) is 0 Å². The molecule has 1 saturated carbocycles. The highest BCUT2D eigenvalue weighted by atomic mass is 16.5. The molecule has 0 aromatic rings. The van der Waals surface area contributed by atoms with Gasteiger partial charge in [-0.15, -0.1) is 0 Å². The fourth-order valence-corrected chi connectivity index (χ4v) is 1.51. The minimum Gasteiger partial charge on any atom is -0.461 e. The molecule has 0 aromatic heterocycles. The van der Waals surface area contributed by atoms with Crippen LogP contribution in [0.1, 0.15) is 26.2 Å². The van der Waals surface area contributed by atoms with Crippen LogP contribution in [0.2, 0.25) is 0 Å². The van der Waals surface area contributed by atoms with Gasteiger partial charge in [-0.05, 0) is 19.3 Å². The summed E-state index contributed by atoms with van der Waals surface area (Å²) in [6, 6.07) is -0.414. The van der Waals surface area contributed by atoms with Gasteiger partial charge in [0.1, 0.15) is 6.10 Å². The highest BCUT2D eigenvalue weighted by Crippen LogP contribution is 2.20. The first kappa shape index (κ1) is 9.48. The van der Waals surface area contributed by atoms with Crippen molar-refractivity contribution < 1.29 is 14.6 Å². The zero-order valence-electron chi connectivity index (χ0n) is 7.19. The van der Waals surface area contributed by atoms with Gasteiger partial charge in [0.2, 0.25) is 0 Å².